The lowest BCUT2D eigenvalue weighted by Crippen LogP contribution is -2.30. The summed E-state index contributed by atoms with van der Waals surface area (Å²) in [5.74, 6) is 1.07. The Morgan fingerprint density at radius 1 is 0.269 bits per heavy atom. The van der Waals surface area contributed by atoms with Crippen molar-refractivity contribution >= 4 is 39.5 Å². The van der Waals surface area contributed by atoms with E-state index in [1.807, 2.05) is 0 Å². The van der Waals surface area contributed by atoms with Crippen LogP contribution < -0.4 is 0 Å². The van der Waals surface area contributed by atoms with Gasteiger partial charge in [-0.2, -0.15) is 0 Å². The molecule has 0 fully saturated rings. The van der Waals surface area contributed by atoms with Gasteiger partial charge in [0.25, 0.3) is 0 Å². The normalized spacial score (nSPS) is 14.5. The maximum atomic E-state index is 13.1. The fraction of sp³-hybridized carbons (Fsp3) is 0.953. The molecule has 0 amide bonds. The minimum Gasteiger partial charge on any atom is -0.462 e. The average Bonchev–Trinajstić information content (AvgIpc) is 0.918. The number of carbonyl (C=O) groups excluding carboxylic acids is 4. The standard InChI is InChI=1S/C85H166O17P2/c1-9-77(7)63-55-47-39-33-27-21-15-13-11-12-14-16-22-28-34-40-49-57-65-82(87)95-71-80(101-84(89)67-59-51-41-35-29-23-17-19-25-31-37-45-53-61-75(3)4)73-99-103(91,92)97-69-79(86)70-98-104(93,94)100-74-81(72-96-83(88)66-58-50-44-43-48-56-64-78(8)10-2)102-85(90)68-60-52-42-36-30-24-18-20-26-32-38-46-54-62-76(5)6/h75-81,86H,9-74H2,1-8H3,(H,91,92)(H,93,94)/t77?,78?,79-,80-,81-/m1/s1. The Morgan fingerprint density at radius 3 is 0.683 bits per heavy atom. The molecule has 0 aliphatic rings. The molecule has 0 aromatic heterocycles. The summed E-state index contributed by atoms with van der Waals surface area (Å²) in [4.78, 5) is 73.2. The highest BCUT2D eigenvalue weighted by Crippen LogP contribution is 2.45. The van der Waals surface area contributed by atoms with Crippen molar-refractivity contribution in [3.05, 3.63) is 0 Å². The Balaban J connectivity index is 5.21. The third kappa shape index (κ3) is 75.5. The van der Waals surface area contributed by atoms with Gasteiger partial charge in [0, 0.05) is 25.7 Å². The van der Waals surface area contributed by atoms with Crippen LogP contribution in [0.1, 0.15) is 441 Å². The maximum Gasteiger partial charge on any atom is 0.472 e. The lowest BCUT2D eigenvalue weighted by molar-refractivity contribution is -0.161. The Bertz CT molecular complexity index is 2030. The van der Waals surface area contributed by atoms with Crippen molar-refractivity contribution < 1.29 is 80.2 Å². The number of hydrogen-bond acceptors (Lipinski definition) is 15. The van der Waals surface area contributed by atoms with Crippen LogP contribution >= 0.6 is 15.6 Å². The van der Waals surface area contributed by atoms with Crippen LogP contribution in [0.15, 0.2) is 0 Å². The van der Waals surface area contributed by atoms with Gasteiger partial charge in [0.2, 0.25) is 0 Å². The van der Waals surface area contributed by atoms with Gasteiger partial charge in [0.05, 0.1) is 26.4 Å². The Hall–Kier alpha value is -1.94. The first kappa shape index (κ1) is 102. The van der Waals surface area contributed by atoms with Gasteiger partial charge in [-0.05, 0) is 49.4 Å². The van der Waals surface area contributed by atoms with Crippen molar-refractivity contribution in [2.75, 3.05) is 39.6 Å². The molecule has 0 rings (SSSR count). The van der Waals surface area contributed by atoms with Crippen molar-refractivity contribution in [2.45, 2.75) is 459 Å². The number of phosphoric acid groups is 2. The smallest absolute Gasteiger partial charge is 0.462 e. The molecule has 0 aliphatic carbocycles. The minimum absolute atomic E-state index is 0.106. The zero-order valence-electron chi connectivity index (χ0n) is 68.7. The molecular formula is C85H166O17P2. The zero-order chi connectivity index (χ0) is 76.7. The number of ether oxygens (including phenoxy) is 4. The summed E-state index contributed by atoms with van der Waals surface area (Å²) in [6, 6.07) is 0. The minimum atomic E-state index is -4.97. The summed E-state index contributed by atoms with van der Waals surface area (Å²) in [5, 5.41) is 10.7. The second kappa shape index (κ2) is 73.8. The average molecular weight is 1520 g/mol. The van der Waals surface area contributed by atoms with E-state index in [9.17, 15) is 43.2 Å². The molecule has 7 atom stereocenters. The fourth-order valence-corrected chi connectivity index (χ4v) is 14.7. The van der Waals surface area contributed by atoms with E-state index in [0.29, 0.717) is 25.7 Å². The Morgan fingerprint density at radius 2 is 0.462 bits per heavy atom. The van der Waals surface area contributed by atoms with E-state index in [0.717, 1.165) is 120 Å². The van der Waals surface area contributed by atoms with Gasteiger partial charge in [-0.1, -0.05) is 389 Å². The molecule has 104 heavy (non-hydrogen) atoms. The molecule has 0 bridgehead atoms. The SMILES string of the molecule is CCC(C)CCCCCCCCCCCCCCCCCCCCC(=O)OC[C@H](COP(=O)(O)OC[C@@H](O)COP(=O)(O)OC[C@@H](COC(=O)CCCCCCCCC(C)CC)OC(=O)CCCCCCCCCCCCCCCC(C)C)OC(=O)CCCCCCCCCCCCCCCC(C)C. The topological polar surface area (TPSA) is 237 Å². The van der Waals surface area contributed by atoms with Crippen molar-refractivity contribution in [3.8, 4) is 0 Å². The number of phosphoric ester groups is 2. The lowest BCUT2D eigenvalue weighted by Gasteiger charge is -2.21. The van der Waals surface area contributed by atoms with Gasteiger partial charge in [0.15, 0.2) is 12.2 Å². The molecule has 0 radical (unpaired) electrons. The Labute approximate surface area is 638 Å². The first-order chi connectivity index (χ1) is 50.2. The van der Waals surface area contributed by atoms with Gasteiger partial charge < -0.3 is 33.8 Å². The summed E-state index contributed by atoms with van der Waals surface area (Å²) in [6.45, 7) is 14.3. The number of unbranched alkanes of at least 4 members (excludes halogenated alkanes) is 46. The van der Waals surface area contributed by atoms with Crippen LogP contribution in [0, 0.1) is 23.7 Å². The fourth-order valence-electron chi connectivity index (χ4n) is 13.1. The van der Waals surface area contributed by atoms with Crippen LogP contribution in [-0.2, 0) is 65.4 Å². The number of esters is 4. The molecule has 17 nitrogen and oxygen atoms in total. The van der Waals surface area contributed by atoms with Crippen LogP contribution in [0.3, 0.4) is 0 Å². The molecule has 0 spiro atoms. The van der Waals surface area contributed by atoms with Crippen LogP contribution in [0.25, 0.3) is 0 Å². The van der Waals surface area contributed by atoms with E-state index < -0.39 is 97.5 Å². The first-order valence-electron chi connectivity index (χ1n) is 43.8. The van der Waals surface area contributed by atoms with Crippen molar-refractivity contribution in [1.82, 2.24) is 0 Å². The predicted octanol–water partition coefficient (Wildman–Crippen LogP) is 25.6. The summed E-state index contributed by atoms with van der Waals surface area (Å²) in [5.41, 5.74) is 0. The third-order valence-corrected chi connectivity index (χ3v) is 22.4. The molecule has 0 heterocycles. The second-order valence-electron chi connectivity index (χ2n) is 32.0. The molecule has 4 unspecified atom stereocenters. The number of aliphatic hydroxyl groups excluding tert-OH is 1. The highest BCUT2D eigenvalue weighted by molar-refractivity contribution is 7.47. The zero-order valence-corrected chi connectivity index (χ0v) is 70.5. The largest absolute Gasteiger partial charge is 0.472 e. The van der Waals surface area contributed by atoms with E-state index in [-0.39, 0.29) is 25.7 Å². The number of hydrogen-bond donors (Lipinski definition) is 3. The highest BCUT2D eigenvalue weighted by Gasteiger charge is 2.30. The molecule has 3 N–H and O–H groups in total. The number of aliphatic hydroxyl groups is 1. The number of rotatable bonds is 82. The Kier molecular flexibility index (Phi) is 72.5. The molecular weight excluding hydrogens is 1350 g/mol. The number of carbonyl (C=O) groups is 4. The van der Waals surface area contributed by atoms with Gasteiger partial charge in [-0.25, -0.2) is 9.13 Å². The van der Waals surface area contributed by atoms with Crippen LogP contribution in [0.5, 0.6) is 0 Å². The summed E-state index contributed by atoms with van der Waals surface area (Å²) in [6.07, 6.45) is 62.5. The molecule has 19 heteroatoms. The van der Waals surface area contributed by atoms with E-state index in [2.05, 4.69) is 55.4 Å². The monoisotopic (exact) mass is 1520 g/mol. The van der Waals surface area contributed by atoms with E-state index in [1.165, 1.54) is 238 Å². The second-order valence-corrected chi connectivity index (χ2v) is 34.9. The summed E-state index contributed by atoms with van der Waals surface area (Å²) in [7, 11) is -9.93. The molecule has 0 aliphatic heterocycles. The molecule has 0 saturated heterocycles. The van der Waals surface area contributed by atoms with Crippen LogP contribution in [0.2, 0.25) is 0 Å². The quantitative estimate of drug-likeness (QED) is 0.0222. The van der Waals surface area contributed by atoms with Gasteiger partial charge >= 0.3 is 39.5 Å². The maximum absolute atomic E-state index is 13.1. The molecule has 0 aromatic rings. The third-order valence-electron chi connectivity index (χ3n) is 20.5. The predicted molar refractivity (Wildman–Crippen MR) is 428 cm³/mol. The van der Waals surface area contributed by atoms with E-state index in [1.54, 1.807) is 0 Å². The molecule has 0 saturated carbocycles. The summed E-state index contributed by atoms with van der Waals surface area (Å²) < 4.78 is 68.8. The van der Waals surface area contributed by atoms with Gasteiger partial charge in [-0.3, -0.25) is 37.3 Å². The van der Waals surface area contributed by atoms with Gasteiger partial charge in [0.1, 0.15) is 19.3 Å². The van der Waals surface area contributed by atoms with Crippen molar-refractivity contribution in [3.63, 3.8) is 0 Å². The lowest BCUT2D eigenvalue weighted by atomic mass is 9.99. The van der Waals surface area contributed by atoms with Gasteiger partial charge in [-0.15, -0.1) is 0 Å². The van der Waals surface area contributed by atoms with Crippen LogP contribution in [0.4, 0.5) is 0 Å². The summed E-state index contributed by atoms with van der Waals surface area (Å²) >= 11 is 0. The van der Waals surface area contributed by atoms with E-state index >= 15 is 0 Å². The van der Waals surface area contributed by atoms with E-state index in [4.69, 9.17) is 37.0 Å². The highest BCUT2D eigenvalue weighted by atomic mass is 31.2. The van der Waals surface area contributed by atoms with Crippen molar-refractivity contribution in [1.29, 1.82) is 0 Å². The first-order valence-corrected chi connectivity index (χ1v) is 46.8. The van der Waals surface area contributed by atoms with Crippen LogP contribution in [-0.4, -0.2) is 96.7 Å². The molecule has 618 valence electrons. The molecule has 0 aromatic carbocycles. The van der Waals surface area contributed by atoms with Crippen molar-refractivity contribution in [2.24, 2.45) is 23.7 Å².